The Labute approximate surface area is 246 Å². The maximum absolute atomic E-state index is 12.9. The van der Waals surface area contributed by atoms with E-state index in [9.17, 15) is 4.79 Å². The van der Waals surface area contributed by atoms with Crippen LogP contribution >= 0.6 is 0 Å². The number of carbonyl (C=O) groups is 1. The number of hydrogen-bond donors (Lipinski definition) is 0. The molecule has 0 N–H and O–H groups in total. The van der Waals surface area contributed by atoms with Gasteiger partial charge < -0.3 is 9.30 Å². The smallest absolute Gasteiger partial charge is 0.418 e. The maximum Gasteiger partial charge on any atom is 0.418 e. The van der Waals surface area contributed by atoms with Crippen molar-refractivity contribution in [2.75, 3.05) is 0 Å². The second-order valence-electron chi connectivity index (χ2n) is 11.4. The highest BCUT2D eigenvalue weighted by atomic mass is 16.6. The molecule has 0 spiro atoms. The summed E-state index contributed by atoms with van der Waals surface area (Å²) in [5, 5.41) is 0.906. The second kappa shape index (κ2) is 10.7. The monoisotopic (exact) mass is 551 g/mol. The molecule has 5 nitrogen and oxygen atoms in total. The molecular formula is C37H33N3O2. The van der Waals surface area contributed by atoms with E-state index < -0.39 is 17.2 Å². The number of fused-ring (bicyclic) bond motifs is 1. The van der Waals surface area contributed by atoms with Crippen LogP contribution in [0.5, 0.6) is 0 Å². The van der Waals surface area contributed by atoms with E-state index in [1.54, 1.807) is 10.8 Å². The van der Waals surface area contributed by atoms with Gasteiger partial charge in [-0.1, -0.05) is 110 Å². The summed E-state index contributed by atoms with van der Waals surface area (Å²) < 4.78 is 9.35. The van der Waals surface area contributed by atoms with E-state index in [4.69, 9.17) is 9.72 Å². The summed E-state index contributed by atoms with van der Waals surface area (Å²) in [4.78, 5) is 17.8. The van der Waals surface area contributed by atoms with Gasteiger partial charge in [0.2, 0.25) is 0 Å². The van der Waals surface area contributed by atoms with Gasteiger partial charge in [0.05, 0.1) is 17.5 Å². The van der Waals surface area contributed by atoms with Gasteiger partial charge in [-0.3, -0.25) is 4.57 Å². The molecule has 6 aromatic rings. The van der Waals surface area contributed by atoms with E-state index in [0.29, 0.717) is 0 Å². The largest absolute Gasteiger partial charge is 0.443 e. The molecule has 5 heteroatoms. The fourth-order valence-electron chi connectivity index (χ4n) is 5.69. The van der Waals surface area contributed by atoms with Crippen molar-refractivity contribution in [1.82, 2.24) is 14.1 Å². The lowest BCUT2D eigenvalue weighted by molar-refractivity contribution is 0.0544. The Kier molecular flexibility index (Phi) is 6.87. The van der Waals surface area contributed by atoms with E-state index >= 15 is 0 Å². The molecule has 4 aromatic carbocycles. The third-order valence-electron chi connectivity index (χ3n) is 7.50. The number of benzene rings is 4. The van der Waals surface area contributed by atoms with Crippen LogP contribution < -0.4 is 0 Å². The number of ether oxygens (including phenoxy) is 1. The number of hydrogen-bond acceptors (Lipinski definition) is 3. The first kappa shape index (κ1) is 27.0. The Bertz CT molecular complexity index is 1760. The number of carbonyl (C=O) groups excluding carboxylic acids is 1. The minimum atomic E-state index is -0.665. The quantitative estimate of drug-likeness (QED) is 0.195. The molecule has 0 bridgehead atoms. The number of aromatic nitrogens is 3. The summed E-state index contributed by atoms with van der Waals surface area (Å²) in [5.41, 5.74) is 5.28. The molecule has 0 aliphatic heterocycles. The van der Waals surface area contributed by atoms with Crippen molar-refractivity contribution >= 4 is 22.6 Å². The van der Waals surface area contributed by atoms with Crippen LogP contribution in [0.25, 0.3) is 16.5 Å². The van der Waals surface area contributed by atoms with Gasteiger partial charge in [-0.2, -0.15) is 0 Å². The van der Waals surface area contributed by atoms with Crippen LogP contribution in [0.2, 0.25) is 0 Å². The molecule has 0 amide bonds. The minimum absolute atomic E-state index is 0.414. The molecule has 2 heterocycles. The zero-order valence-corrected chi connectivity index (χ0v) is 24.1. The zero-order chi connectivity index (χ0) is 29.3. The summed E-state index contributed by atoms with van der Waals surface area (Å²) in [6.07, 6.45) is 5.29. The van der Waals surface area contributed by atoms with Gasteiger partial charge in [0, 0.05) is 23.4 Å². The highest BCUT2D eigenvalue weighted by Gasteiger charge is 2.38. The first-order valence-electron chi connectivity index (χ1n) is 14.0. The fraction of sp³-hybridized carbons (Fsp3) is 0.135. The topological polar surface area (TPSA) is 49.0 Å². The van der Waals surface area contributed by atoms with Crippen molar-refractivity contribution in [3.05, 3.63) is 169 Å². The van der Waals surface area contributed by atoms with Crippen molar-refractivity contribution in [3.8, 4) is 0 Å². The standard InChI is InChI=1S/C37H33N3O2/c1-27(31-21-14-22-34-32(31)23-24-40(34)35(41)42-36(2,3)4)33-25-39(26-38-33)37(28-15-8-5-9-16-28,29-17-10-6-11-18-29)30-19-12-7-13-20-30/h5-26H,1H2,2-4H3. The molecule has 0 saturated heterocycles. The fourth-order valence-corrected chi connectivity index (χ4v) is 5.69. The van der Waals surface area contributed by atoms with Crippen LogP contribution in [-0.4, -0.2) is 25.8 Å². The Morgan fingerprint density at radius 1 is 0.738 bits per heavy atom. The first-order chi connectivity index (χ1) is 20.3. The van der Waals surface area contributed by atoms with E-state index in [2.05, 4.69) is 90.1 Å². The van der Waals surface area contributed by atoms with E-state index in [-0.39, 0.29) is 0 Å². The van der Waals surface area contributed by atoms with Crippen molar-refractivity contribution in [2.45, 2.75) is 31.9 Å². The molecule has 0 saturated carbocycles. The van der Waals surface area contributed by atoms with Crippen LogP contribution in [-0.2, 0) is 10.3 Å². The van der Waals surface area contributed by atoms with Crippen molar-refractivity contribution < 1.29 is 9.53 Å². The molecule has 208 valence electrons. The normalized spacial score (nSPS) is 11.9. The van der Waals surface area contributed by atoms with Crippen molar-refractivity contribution in [2.24, 2.45) is 0 Å². The van der Waals surface area contributed by atoms with Gasteiger partial charge >= 0.3 is 6.09 Å². The molecule has 42 heavy (non-hydrogen) atoms. The average molecular weight is 552 g/mol. The van der Waals surface area contributed by atoms with Crippen molar-refractivity contribution in [1.29, 1.82) is 0 Å². The highest BCUT2D eigenvalue weighted by Crippen LogP contribution is 2.41. The summed E-state index contributed by atoms with van der Waals surface area (Å²) >= 11 is 0. The van der Waals surface area contributed by atoms with E-state index in [0.717, 1.165) is 44.4 Å². The van der Waals surface area contributed by atoms with Gasteiger partial charge in [-0.25, -0.2) is 9.78 Å². The van der Waals surface area contributed by atoms with Crippen molar-refractivity contribution in [3.63, 3.8) is 0 Å². The van der Waals surface area contributed by atoms with Crippen LogP contribution in [0, 0.1) is 0 Å². The molecule has 0 atom stereocenters. The zero-order valence-electron chi connectivity index (χ0n) is 24.1. The summed E-state index contributed by atoms with van der Waals surface area (Å²) in [6.45, 7) is 10.1. The Morgan fingerprint density at radius 3 is 1.81 bits per heavy atom. The molecule has 0 aliphatic rings. The number of nitrogens with zero attached hydrogens (tertiary/aromatic N) is 3. The van der Waals surface area contributed by atoms with Gasteiger partial charge in [0.15, 0.2) is 0 Å². The molecular weight excluding hydrogens is 518 g/mol. The van der Waals surface area contributed by atoms with Crippen LogP contribution in [0.3, 0.4) is 0 Å². The third-order valence-corrected chi connectivity index (χ3v) is 7.50. The summed E-state index contributed by atoms with van der Waals surface area (Å²) in [5.74, 6) is 0. The number of imidazole rings is 1. The predicted molar refractivity (Wildman–Crippen MR) is 169 cm³/mol. The minimum Gasteiger partial charge on any atom is -0.443 e. The lowest BCUT2D eigenvalue weighted by atomic mass is 9.76. The van der Waals surface area contributed by atoms with Crippen LogP contribution in [0.4, 0.5) is 4.79 Å². The van der Waals surface area contributed by atoms with Gasteiger partial charge in [0.1, 0.15) is 11.1 Å². The Balaban J connectivity index is 1.48. The van der Waals surface area contributed by atoms with Crippen LogP contribution in [0.1, 0.15) is 48.7 Å². The Hall–Kier alpha value is -5.16. The molecule has 0 unspecified atom stereocenters. The average Bonchev–Trinajstić information content (AvgIpc) is 3.67. The Morgan fingerprint density at radius 2 is 1.29 bits per heavy atom. The molecule has 6 rings (SSSR count). The molecule has 0 radical (unpaired) electrons. The maximum atomic E-state index is 12.9. The lowest BCUT2D eigenvalue weighted by Gasteiger charge is -2.37. The molecule has 0 fully saturated rings. The van der Waals surface area contributed by atoms with E-state index in [1.165, 1.54) is 0 Å². The first-order valence-corrected chi connectivity index (χ1v) is 14.0. The molecule has 0 aliphatic carbocycles. The predicted octanol–water partition coefficient (Wildman–Crippen LogP) is 8.52. The summed E-state index contributed by atoms with van der Waals surface area (Å²) in [6, 6.07) is 39.3. The van der Waals surface area contributed by atoms with E-state index in [1.807, 2.05) is 69.6 Å². The second-order valence-corrected chi connectivity index (χ2v) is 11.4. The van der Waals surface area contributed by atoms with Gasteiger partial charge in [-0.15, -0.1) is 0 Å². The summed E-state index contributed by atoms with van der Waals surface area (Å²) in [7, 11) is 0. The molecule has 2 aromatic heterocycles. The SMILES string of the molecule is C=C(c1cn(C(c2ccccc2)(c2ccccc2)c2ccccc2)cn1)c1cccc2c1ccn2C(=O)OC(C)(C)C. The lowest BCUT2D eigenvalue weighted by Crippen LogP contribution is -2.36. The van der Waals surface area contributed by atoms with Gasteiger partial charge in [0.25, 0.3) is 0 Å². The highest BCUT2D eigenvalue weighted by molar-refractivity contribution is 5.98. The third kappa shape index (κ3) is 4.73. The number of rotatable bonds is 6. The van der Waals surface area contributed by atoms with Crippen LogP contribution in [0.15, 0.2) is 141 Å². The van der Waals surface area contributed by atoms with Gasteiger partial charge in [-0.05, 0) is 55.2 Å².